The SMILES string of the molecule is CCC(CO)(NC1CCCC1)c1ccc(O)cc1. The first-order chi connectivity index (χ1) is 8.70. The summed E-state index contributed by atoms with van der Waals surface area (Å²) in [7, 11) is 0. The third-order valence-corrected chi connectivity index (χ3v) is 4.13. The van der Waals surface area contributed by atoms with E-state index in [9.17, 15) is 10.2 Å². The number of rotatable bonds is 5. The van der Waals surface area contributed by atoms with Gasteiger partial charge in [0, 0.05) is 6.04 Å². The first-order valence-electron chi connectivity index (χ1n) is 6.88. The molecular weight excluding hydrogens is 226 g/mol. The highest BCUT2D eigenvalue weighted by Crippen LogP contribution is 2.30. The van der Waals surface area contributed by atoms with Crippen LogP contribution < -0.4 is 5.32 Å². The quantitative estimate of drug-likeness (QED) is 0.751. The second-order valence-electron chi connectivity index (χ2n) is 5.27. The van der Waals surface area contributed by atoms with E-state index in [-0.39, 0.29) is 17.9 Å². The maximum atomic E-state index is 9.83. The Kier molecular flexibility index (Phi) is 4.25. The Labute approximate surface area is 109 Å². The second-order valence-corrected chi connectivity index (χ2v) is 5.27. The Morgan fingerprint density at radius 3 is 2.33 bits per heavy atom. The van der Waals surface area contributed by atoms with E-state index in [0.717, 1.165) is 12.0 Å². The Hall–Kier alpha value is -1.06. The zero-order valence-electron chi connectivity index (χ0n) is 11.0. The molecule has 1 aliphatic rings. The largest absolute Gasteiger partial charge is 0.508 e. The molecule has 100 valence electrons. The first-order valence-corrected chi connectivity index (χ1v) is 6.88. The topological polar surface area (TPSA) is 52.5 Å². The molecule has 1 aromatic rings. The van der Waals surface area contributed by atoms with Crippen LogP contribution in [0.3, 0.4) is 0 Å². The molecule has 0 radical (unpaired) electrons. The maximum Gasteiger partial charge on any atom is 0.115 e. The van der Waals surface area contributed by atoms with Crippen molar-refractivity contribution in [2.24, 2.45) is 0 Å². The summed E-state index contributed by atoms with van der Waals surface area (Å²) >= 11 is 0. The molecule has 1 fully saturated rings. The van der Waals surface area contributed by atoms with Crippen molar-refractivity contribution in [2.45, 2.75) is 50.6 Å². The van der Waals surface area contributed by atoms with E-state index in [2.05, 4.69) is 12.2 Å². The molecule has 0 aliphatic heterocycles. The van der Waals surface area contributed by atoms with Crippen LogP contribution in [-0.4, -0.2) is 22.9 Å². The third-order valence-electron chi connectivity index (χ3n) is 4.13. The lowest BCUT2D eigenvalue weighted by molar-refractivity contribution is 0.141. The molecule has 18 heavy (non-hydrogen) atoms. The number of hydrogen-bond acceptors (Lipinski definition) is 3. The molecule has 1 unspecified atom stereocenters. The monoisotopic (exact) mass is 249 g/mol. The molecule has 0 bridgehead atoms. The summed E-state index contributed by atoms with van der Waals surface area (Å²) in [4.78, 5) is 0. The van der Waals surface area contributed by atoms with Crippen LogP contribution in [0.2, 0.25) is 0 Å². The van der Waals surface area contributed by atoms with E-state index < -0.39 is 0 Å². The highest BCUT2D eigenvalue weighted by Gasteiger charge is 2.32. The highest BCUT2D eigenvalue weighted by atomic mass is 16.3. The minimum atomic E-state index is -0.372. The van der Waals surface area contributed by atoms with Gasteiger partial charge in [-0.1, -0.05) is 31.9 Å². The molecule has 1 aromatic carbocycles. The number of phenols is 1. The molecule has 0 spiro atoms. The predicted octanol–water partition coefficient (Wildman–Crippen LogP) is 2.52. The standard InChI is InChI=1S/C15H23NO2/c1-2-15(11-17,16-13-5-3-4-6-13)12-7-9-14(18)10-8-12/h7-10,13,16-18H,2-6,11H2,1H3. The van der Waals surface area contributed by atoms with E-state index in [0.29, 0.717) is 6.04 Å². The Balaban J connectivity index is 2.21. The molecule has 3 nitrogen and oxygen atoms in total. The van der Waals surface area contributed by atoms with E-state index in [4.69, 9.17) is 0 Å². The van der Waals surface area contributed by atoms with Crippen molar-refractivity contribution in [1.82, 2.24) is 5.32 Å². The summed E-state index contributed by atoms with van der Waals surface area (Å²) in [5.74, 6) is 0.266. The number of hydrogen-bond donors (Lipinski definition) is 3. The van der Waals surface area contributed by atoms with Crippen LogP contribution in [0.1, 0.15) is 44.6 Å². The van der Waals surface area contributed by atoms with Crippen LogP contribution in [0.25, 0.3) is 0 Å². The van der Waals surface area contributed by atoms with E-state index in [1.807, 2.05) is 12.1 Å². The van der Waals surface area contributed by atoms with Gasteiger partial charge in [-0.15, -0.1) is 0 Å². The van der Waals surface area contributed by atoms with Crippen molar-refractivity contribution in [3.63, 3.8) is 0 Å². The summed E-state index contributed by atoms with van der Waals surface area (Å²) in [5, 5.41) is 22.8. The lowest BCUT2D eigenvalue weighted by Gasteiger charge is -2.35. The van der Waals surface area contributed by atoms with Gasteiger partial charge in [-0.2, -0.15) is 0 Å². The van der Waals surface area contributed by atoms with Crippen LogP contribution in [0.4, 0.5) is 0 Å². The van der Waals surface area contributed by atoms with Gasteiger partial charge in [0.15, 0.2) is 0 Å². The summed E-state index contributed by atoms with van der Waals surface area (Å²) in [6.45, 7) is 2.18. The van der Waals surface area contributed by atoms with Crippen molar-refractivity contribution >= 4 is 0 Å². The predicted molar refractivity (Wildman–Crippen MR) is 72.6 cm³/mol. The van der Waals surface area contributed by atoms with Crippen molar-refractivity contribution in [2.75, 3.05) is 6.61 Å². The van der Waals surface area contributed by atoms with Crippen LogP contribution >= 0.6 is 0 Å². The van der Waals surface area contributed by atoms with Gasteiger partial charge in [0.25, 0.3) is 0 Å². The van der Waals surface area contributed by atoms with E-state index in [1.54, 1.807) is 12.1 Å². The molecule has 1 saturated carbocycles. The molecule has 2 rings (SSSR count). The third kappa shape index (κ3) is 2.68. The molecule has 0 saturated heterocycles. The minimum absolute atomic E-state index is 0.0881. The molecule has 3 heteroatoms. The smallest absolute Gasteiger partial charge is 0.115 e. The molecule has 1 aliphatic carbocycles. The van der Waals surface area contributed by atoms with Crippen molar-refractivity contribution in [1.29, 1.82) is 0 Å². The summed E-state index contributed by atoms with van der Waals surface area (Å²) in [6, 6.07) is 7.68. The Bertz CT molecular complexity index is 365. The molecular formula is C15H23NO2. The first kappa shape index (κ1) is 13.4. The fraction of sp³-hybridized carbons (Fsp3) is 0.600. The number of benzene rings is 1. The van der Waals surface area contributed by atoms with Crippen molar-refractivity contribution < 1.29 is 10.2 Å². The summed E-state index contributed by atoms with van der Waals surface area (Å²) in [5.41, 5.74) is 0.681. The van der Waals surface area contributed by atoms with Gasteiger partial charge in [-0.05, 0) is 37.0 Å². The minimum Gasteiger partial charge on any atom is -0.508 e. The lowest BCUT2D eigenvalue weighted by Crippen LogP contribution is -2.49. The second kappa shape index (κ2) is 5.72. The van der Waals surface area contributed by atoms with Gasteiger partial charge in [0.05, 0.1) is 12.1 Å². The fourth-order valence-corrected chi connectivity index (χ4v) is 2.88. The van der Waals surface area contributed by atoms with E-state index in [1.165, 1.54) is 25.7 Å². The fourth-order valence-electron chi connectivity index (χ4n) is 2.88. The number of phenolic OH excluding ortho intramolecular Hbond substituents is 1. The van der Waals surface area contributed by atoms with Gasteiger partial charge in [0.2, 0.25) is 0 Å². The average Bonchev–Trinajstić information content (AvgIpc) is 2.90. The number of aliphatic hydroxyl groups excluding tert-OH is 1. The number of aromatic hydroxyl groups is 1. The van der Waals surface area contributed by atoms with Crippen molar-refractivity contribution in [3.8, 4) is 5.75 Å². The summed E-state index contributed by atoms with van der Waals surface area (Å²) < 4.78 is 0. The molecule has 1 atom stereocenters. The van der Waals surface area contributed by atoms with E-state index >= 15 is 0 Å². The van der Waals surface area contributed by atoms with Gasteiger partial charge in [-0.25, -0.2) is 0 Å². The normalized spacial score (nSPS) is 19.9. The van der Waals surface area contributed by atoms with Gasteiger partial charge < -0.3 is 15.5 Å². The molecule has 0 amide bonds. The zero-order chi connectivity index (χ0) is 13.0. The summed E-state index contributed by atoms with van der Waals surface area (Å²) in [6.07, 6.45) is 5.78. The van der Waals surface area contributed by atoms with Gasteiger partial charge >= 0.3 is 0 Å². The maximum absolute atomic E-state index is 9.83. The van der Waals surface area contributed by atoms with Gasteiger partial charge in [0.1, 0.15) is 5.75 Å². The van der Waals surface area contributed by atoms with Crippen LogP contribution in [0, 0.1) is 0 Å². The van der Waals surface area contributed by atoms with Gasteiger partial charge in [-0.3, -0.25) is 0 Å². The molecule has 3 N–H and O–H groups in total. The Morgan fingerprint density at radius 2 is 1.83 bits per heavy atom. The molecule has 0 heterocycles. The van der Waals surface area contributed by atoms with Crippen LogP contribution in [-0.2, 0) is 5.54 Å². The number of nitrogens with one attached hydrogen (secondary N) is 1. The van der Waals surface area contributed by atoms with Crippen LogP contribution in [0.5, 0.6) is 5.75 Å². The zero-order valence-corrected chi connectivity index (χ0v) is 11.0. The Morgan fingerprint density at radius 1 is 1.22 bits per heavy atom. The number of aliphatic hydroxyl groups is 1. The molecule has 0 aromatic heterocycles. The van der Waals surface area contributed by atoms with Crippen LogP contribution in [0.15, 0.2) is 24.3 Å². The highest BCUT2D eigenvalue weighted by molar-refractivity contribution is 5.31. The lowest BCUT2D eigenvalue weighted by atomic mass is 9.87. The van der Waals surface area contributed by atoms with Crippen molar-refractivity contribution in [3.05, 3.63) is 29.8 Å². The average molecular weight is 249 g/mol.